The van der Waals surface area contributed by atoms with Crippen molar-refractivity contribution in [2.75, 3.05) is 20.7 Å². The van der Waals surface area contributed by atoms with Crippen molar-refractivity contribution in [1.82, 2.24) is 4.90 Å². The van der Waals surface area contributed by atoms with Gasteiger partial charge in [0.1, 0.15) is 12.4 Å². The lowest BCUT2D eigenvalue weighted by Crippen LogP contribution is -2.32. The fraction of sp³-hybridized carbons (Fsp3) is 0.238. The molecule has 2 atom stereocenters. The van der Waals surface area contributed by atoms with Crippen molar-refractivity contribution in [2.45, 2.75) is 12.2 Å². The zero-order valence-corrected chi connectivity index (χ0v) is 14.0. The quantitative estimate of drug-likeness (QED) is 0.642. The molecule has 3 aromatic rings. The number of fused-ring (bicyclic) bond motifs is 1. The summed E-state index contributed by atoms with van der Waals surface area (Å²) in [6.07, 6.45) is -1.12. The lowest BCUT2D eigenvalue weighted by Gasteiger charge is -2.28. The van der Waals surface area contributed by atoms with Gasteiger partial charge in [-0.1, -0.05) is 66.7 Å². The van der Waals surface area contributed by atoms with E-state index in [2.05, 4.69) is 0 Å². The van der Waals surface area contributed by atoms with E-state index in [0.29, 0.717) is 0 Å². The van der Waals surface area contributed by atoms with Crippen molar-refractivity contribution in [1.29, 1.82) is 0 Å². The third-order valence-corrected chi connectivity index (χ3v) is 4.19. The van der Waals surface area contributed by atoms with E-state index >= 15 is 0 Å². The first-order chi connectivity index (χ1) is 11.7. The number of halogens is 1. The maximum absolute atomic E-state index is 14.9. The van der Waals surface area contributed by atoms with Gasteiger partial charge in [-0.25, -0.2) is 4.39 Å². The van der Waals surface area contributed by atoms with E-state index in [0.717, 1.165) is 22.1 Å². The lowest BCUT2D eigenvalue weighted by molar-refractivity contribution is 0.106. The van der Waals surface area contributed by atoms with Crippen LogP contribution in [-0.2, 0) is 0 Å². The Bertz CT molecular complexity index is 783. The van der Waals surface area contributed by atoms with Gasteiger partial charge in [-0.3, -0.25) is 4.90 Å². The van der Waals surface area contributed by atoms with Crippen LogP contribution in [0.1, 0.15) is 11.6 Å². The van der Waals surface area contributed by atoms with Crippen LogP contribution in [0.25, 0.3) is 10.8 Å². The fourth-order valence-corrected chi connectivity index (χ4v) is 3.06. The number of benzene rings is 3. The summed E-state index contributed by atoms with van der Waals surface area (Å²) in [5.41, 5.74) is 0.955. The summed E-state index contributed by atoms with van der Waals surface area (Å²) in [7, 11) is 3.78. The average molecular weight is 323 g/mol. The van der Waals surface area contributed by atoms with Crippen LogP contribution < -0.4 is 4.74 Å². The van der Waals surface area contributed by atoms with Gasteiger partial charge in [-0.05, 0) is 31.1 Å². The Labute approximate surface area is 142 Å². The second-order valence-electron chi connectivity index (χ2n) is 6.12. The van der Waals surface area contributed by atoms with Crippen molar-refractivity contribution in [2.24, 2.45) is 0 Å². The maximum atomic E-state index is 14.9. The van der Waals surface area contributed by atoms with E-state index in [1.165, 1.54) is 0 Å². The Kier molecular flexibility index (Phi) is 5.11. The molecular weight excluding hydrogens is 301 g/mol. The van der Waals surface area contributed by atoms with E-state index in [9.17, 15) is 4.39 Å². The van der Waals surface area contributed by atoms with Gasteiger partial charge in [0.2, 0.25) is 0 Å². The SMILES string of the molecule is CN(C)[C@@H](c1ccccc1)[C@H](F)COc1cccc2ccccc12. The van der Waals surface area contributed by atoms with E-state index in [1.807, 2.05) is 91.8 Å². The number of hydrogen-bond acceptors (Lipinski definition) is 2. The number of nitrogens with zero attached hydrogens (tertiary/aromatic N) is 1. The van der Waals surface area contributed by atoms with Gasteiger partial charge in [0.15, 0.2) is 6.17 Å². The molecule has 0 bridgehead atoms. The third kappa shape index (κ3) is 3.57. The second-order valence-corrected chi connectivity index (χ2v) is 6.12. The first-order valence-electron chi connectivity index (χ1n) is 8.13. The highest BCUT2D eigenvalue weighted by molar-refractivity contribution is 5.88. The zero-order chi connectivity index (χ0) is 16.9. The van der Waals surface area contributed by atoms with E-state index < -0.39 is 6.17 Å². The molecule has 0 saturated heterocycles. The van der Waals surface area contributed by atoms with Gasteiger partial charge in [-0.2, -0.15) is 0 Å². The van der Waals surface area contributed by atoms with Crippen LogP contribution in [0.3, 0.4) is 0 Å². The second kappa shape index (κ2) is 7.45. The molecule has 0 aliphatic rings. The Hall–Kier alpha value is -2.39. The molecule has 124 valence electrons. The van der Waals surface area contributed by atoms with E-state index in [1.54, 1.807) is 0 Å². The molecule has 3 heteroatoms. The monoisotopic (exact) mass is 323 g/mol. The molecule has 24 heavy (non-hydrogen) atoms. The highest BCUT2D eigenvalue weighted by atomic mass is 19.1. The summed E-state index contributed by atoms with van der Waals surface area (Å²) >= 11 is 0. The summed E-state index contributed by atoms with van der Waals surface area (Å²) in [6.45, 7) is 0.0196. The van der Waals surface area contributed by atoms with E-state index in [4.69, 9.17) is 4.74 Å². The molecule has 0 aliphatic carbocycles. The molecule has 0 aromatic heterocycles. The van der Waals surface area contributed by atoms with Gasteiger partial charge in [0.25, 0.3) is 0 Å². The Morgan fingerprint density at radius 3 is 2.29 bits per heavy atom. The molecule has 0 N–H and O–H groups in total. The Balaban J connectivity index is 1.77. The lowest BCUT2D eigenvalue weighted by atomic mass is 10.0. The number of alkyl halides is 1. The minimum Gasteiger partial charge on any atom is -0.490 e. The molecule has 0 saturated carbocycles. The van der Waals surface area contributed by atoms with Gasteiger partial charge >= 0.3 is 0 Å². The zero-order valence-electron chi connectivity index (χ0n) is 14.0. The summed E-state index contributed by atoms with van der Waals surface area (Å²) < 4.78 is 20.8. The topological polar surface area (TPSA) is 12.5 Å². The molecule has 0 radical (unpaired) electrons. The Morgan fingerprint density at radius 1 is 0.875 bits per heavy atom. The maximum Gasteiger partial charge on any atom is 0.153 e. The predicted octanol–water partition coefficient (Wildman–Crippen LogP) is 4.86. The molecule has 0 amide bonds. The van der Waals surface area contributed by atoms with Gasteiger partial charge in [0, 0.05) is 5.39 Å². The first-order valence-corrected chi connectivity index (χ1v) is 8.13. The first kappa shape index (κ1) is 16.5. The molecule has 0 aliphatic heterocycles. The van der Waals surface area contributed by atoms with Crippen LogP contribution in [-0.4, -0.2) is 31.8 Å². The van der Waals surface area contributed by atoms with Crippen molar-refractivity contribution >= 4 is 10.8 Å². The van der Waals surface area contributed by atoms with Crippen LogP contribution in [0.5, 0.6) is 5.75 Å². The molecular formula is C21H22FNO. The van der Waals surface area contributed by atoms with Crippen LogP contribution in [0.4, 0.5) is 4.39 Å². The number of hydrogen-bond donors (Lipinski definition) is 0. The molecule has 0 unspecified atom stereocenters. The molecule has 3 rings (SSSR count). The Morgan fingerprint density at radius 2 is 1.54 bits per heavy atom. The fourth-order valence-electron chi connectivity index (χ4n) is 3.06. The average Bonchev–Trinajstić information content (AvgIpc) is 2.60. The van der Waals surface area contributed by atoms with E-state index in [-0.39, 0.29) is 12.6 Å². The molecule has 0 fully saturated rings. The highest BCUT2D eigenvalue weighted by Crippen LogP contribution is 2.28. The minimum atomic E-state index is -1.12. The summed E-state index contributed by atoms with van der Waals surface area (Å²) in [6, 6.07) is 23.2. The standard InChI is InChI=1S/C21H22FNO/c1-23(2)21(17-10-4-3-5-11-17)19(22)15-24-20-14-8-12-16-9-6-7-13-18(16)20/h3-14,19,21H,15H2,1-2H3/t19-,21+/m1/s1. The van der Waals surface area contributed by atoms with Crippen LogP contribution in [0.15, 0.2) is 72.8 Å². The molecule has 2 nitrogen and oxygen atoms in total. The molecule has 0 heterocycles. The van der Waals surface area contributed by atoms with Gasteiger partial charge in [-0.15, -0.1) is 0 Å². The largest absolute Gasteiger partial charge is 0.490 e. The van der Waals surface area contributed by atoms with Crippen molar-refractivity contribution in [3.05, 3.63) is 78.4 Å². The van der Waals surface area contributed by atoms with Crippen LogP contribution in [0, 0.1) is 0 Å². The predicted molar refractivity (Wildman–Crippen MR) is 97.2 cm³/mol. The summed E-state index contributed by atoms with van der Waals surface area (Å²) in [5, 5.41) is 2.10. The van der Waals surface area contributed by atoms with Crippen LogP contribution >= 0.6 is 0 Å². The smallest absolute Gasteiger partial charge is 0.153 e. The van der Waals surface area contributed by atoms with Crippen molar-refractivity contribution in [3.8, 4) is 5.75 Å². The number of ether oxygens (including phenoxy) is 1. The molecule has 3 aromatic carbocycles. The van der Waals surface area contributed by atoms with Crippen molar-refractivity contribution < 1.29 is 9.13 Å². The minimum absolute atomic E-state index is 0.0196. The van der Waals surface area contributed by atoms with Gasteiger partial charge in [0.05, 0.1) is 6.04 Å². The van der Waals surface area contributed by atoms with Crippen LogP contribution in [0.2, 0.25) is 0 Å². The number of rotatable bonds is 6. The molecule has 0 spiro atoms. The summed E-state index contributed by atoms with van der Waals surface area (Å²) in [4.78, 5) is 1.90. The normalized spacial score (nSPS) is 13.8. The third-order valence-electron chi connectivity index (χ3n) is 4.19. The van der Waals surface area contributed by atoms with Crippen molar-refractivity contribution in [3.63, 3.8) is 0 Å². The van der Waals surface area contributed by atoms with Gasteiger partial charge < -0.3 is 4.74 Å². The highest BCUT2D eigenvalue weighted by Gasteiger charge is 2.25. The summed E-state index contributed by atoms with van der Waals surface area (Å²) in [5.74, 6) is 0.723.